The first-order valence-electron chi connectivity index (χ1n) is 6.88. The zero-order valence-corrected chi connectivity index (χ0v) is 13.5. The highest BCUT2D eigenvalue weighted by atomic mass is 35.5. The maximum atomic E-state index is 13.9. The van der Waals surface area contributed by atoms with Crippen molar-refractivity contribution in [3.63, 3.8) is 0 Å². The molecule has 0 aromatic carbocycles. The number of pyridine rings is 1. The minimum absolute atomic E-state index is 0. The monoisotopic (exact) mass is 323 g/mol. The highest BCUT2D eigenvalue weighted by Crippen LogP contribution is 2.27. The van der Waals surface area contributed by atoms with Crippen molar-refractivity contribution in [3.8, 4) is 0 Å². The van der Waals surface area contributed by atoms with E-state index in [1.165, 1.54) is 6.20 Å². The quantitative estimate of drug-likeness (QED) is 0.843. The second-order valence-electron chi connectivity index (χ2n) is 4.83. The van der Waals surface area contributed by atoms with Gasteiger partial charge in [0.15, 0.2) is 0 Å². The number of unbranched alkanes of at least 4 members (excludes halogenated alkanes) is 1. The molecule has 20 heavy (non-hydrogen) atoms. The van der Waals surface area contributed by atoms with Gasteiger partial charge in [0.2, 0.25) is 5.95 Å². The maximum Gasteiger partial charge on any atom is 0.217 e. The molecule has 1 saturated heterocycles. The van der Waals surface area contributed by atoms with E-state index in [1.54, 1.807) is 0 Å². The number of piperazine rings is 1. The SMILES string of the molecule is CCCC[C@@H](c1cccnc1F)N1CCNCC1.Cl.Cl. The van der Waals surface area contributed by atoms with Gasteiger partial charge < -0.3 is 5.32 Å². The standard InChI is InChI=1S/C14H22FN3.2ClH/c1-2-3-6-13(18-10-8-16-9-11-18)12-5-4-7-17-14(12)15;;/h4-5,7,13,16H,2-3,6,8-11H2,1H3;2*1H/t13-;;/m0../s1. The van der Waals surface area contributed by atoms with Gasteiger partial charge in [0.05, 0.1) is 0 Å². The molecule has 3 nitrogen and oxygen atoms in total. The average Bonchev–Trinajstić information content (AvgIpc) is 2.42. The van der Waals surface area contributed by atoms with Crippen molar-refractivity contribution < 1.29 is 4.39 Å². The molecule has 1 N–H and O–H groups in total. The third-order valence-corrected chi connectivity index (χ3v) is 3.57. The first kappa shape index (κ1) is 19.6. The third kappa shape index (κ3) is 5.17. The second-order valence-corrected chi connectivity index (χ2v) is 4.83. The molecule has 0 radical (unpaired) electrons. The van der Waals surface area contributed by atoms with Gasteiger partial charge >= 0.3 is 0 Å². The predicted octanol–water partition coefficient (Wildman–Crippen LogP) is 3.20. The van der Waals surface area contributed by atoms with Crippen molar-refractivity contribution in [2.45, 2.75) is 32.2 Å². The van der Waals surface area contributed by atoms with E-state index in [9.17, 15) is 4.39 Å². The normalized spacial score (nSPS) is 16.9. The van der Waals surface area contributed by atoms with E-state index in [4.69, 9.17) is 0 Å². The van der Waals surface area contributed by atoms with E-state index in [0.29, 0.717) is 0 Å². The molecule has 1 fully saturated rings. The molecule has 1 atom stereocenters. The Kier molecular flexibility index (Phi) is 10.1. The van der Waals surface area contributed by atoms with E-state index in [1.807, 2.05) is 12.1 Å². The van der Waals surface area contributed by atoms with Crippen LogP contribution in [0.15, 0.2) is 18.3 Å². The Balaban J connectivity index is 0.00000180. The van der Waals surface area contributed by atoms with Gasteiger partial charge in [-0.1, -0.05) is 25.8 Å². The summed E-state index contributed by atoms with van der Waals surface area (Å²) in [5.74, 6) is -0.308. The van der Waals surface area contributed by atoms with Crippen LogP contribution in [0.2, 0.25) is 0 Å². The molecule has 0 aliphatic carbocycles. The largest absolute Gasteiger partial charge is 0.314 e. The lowest BCUT2D eigenvalue weighted by Gasteiger charge is -2.35. The van der Waals surface area contributed by atoms with Crippen LogP contribution in [0.3, 0.4) is 0 Å². The summed E-state index contributed by atoms with van der Waals surface area (Å²) in [6, 6.07) is 3.89. The van der Waals surface area contributed by atoms with Crippen LogP contribution in [-0.4, -0.2) is 36.1 Å². The molecule has 2 heterocycles. The number of nitrogens with one attached hydrogen (secondary N) is 1. The Labute approximate surface area is 133 Å². The highest BCUT2D eigenvalue weighted by Gasteiger charge is 2.24. The number of rotatable bonds is 5. The number of halogens is 3. The number of aromatic nitrogens is 1. The Bertz CT molecular complexity index is 373. The number of hydrogen-bond donors (Lipinski definition) is 1. The number of nitrogens with zero attached hydrogens (tertiary/aromatic N) is 2. The summed E-state index contributed by atoms with van der Waals surface area (Å²) in [4.78, 5) is 6.18. The second kappa shape index (κ2) is 10.3. The molecule has 0 unspecified atom stereocenters. The molecular weight excluding hydrogens is 300 g/mol. The smallest absolute Gasteiger partial charge is 0.217 e. The van der Waals surface area contributed by atoms with Gasteiger partial charge in [-0.2, -0.15) is 4.39 Å². The first-order chi connectivity index (χ1) is 8.83. The van der Waals surface area contributed by atoms with Crippen molar-refractivity contribution in [1.82, 2.24) is 15.2 Å². The first-order valence-corrected chi connectivity index (χ1v) is 6.88. The van der Waals surface area contributed by atoms with Crippen LogP contribution in [0.5, 0.6) is 0 Å². The molecule has 1 aromatic rings. The summed E-state index contributed by atoms with van der Waals surface area (Å²) >= 11 is 0. The van der Waals surface area contributed by atoms with Crippen molar-refractivity contribution >= 4 is 24.8 Å². The minimum Gasteiger partial charge on any atom is -0.314 e. The fourth-order valence-corrected chi connectivity index (χ4v) is 2.57. The lowest BCUT2D eigenvalue weighted by Crippen LogP contribution is -2.45. The Morgan fingerprint density at radius 2 is 2.05 bits per heavy atom. The molecule has 1 aromatic heterocycles. The average molecular weight is 324 g/mol. The van der Waals surface area contributed by atoms with Gasteiger partial charge in [-0.15, -0.1) is 24.8 Å². The summed E-state index contributed by atoms with van der Waals surface area (Å²) in [5.41, 5.74) is 0.757. The summed E-state index contributed by atoms with van der Waals surface area (Å²) < 4.78 is 13.9. The van der Waals surface area contributed by atoms with Crippen molar-refractivity contribution in [1.29, 1.82) is 0 Å². The molecule has 0 saturated carbocycles. The van der Waals surface area contributed by atoms with E-state index in [0.717, 1.165) is 51.0 Å². The van der Waals surface area contributed by atoms with E-state index in [2.05, 4.69) is 22.1 Å². The summed E-state index contributed by atoms with van der Waals surface area (Å²) in [7, 11) is 0. The lowest BCUT2D eigenvalue weighted by atomic mass is 10.00. The van der Waals surface area contributed by atoms with Crippen LogP contribution in [-0.2, 0) is 0 Å². The molecule has 116 valence electrons. The van der Waals surface area contributed by atoms with Gasteiger partial charge in [-0.05, 0) is 12.5 Å². The zero-order chi connectivity index (χ0) is 12.8. The molecule has 1 aliphatic rings. The fourth-order valence-electron chi connectivity index (χ4n) is 2.57. The Morgan fingerprint density at radius 1 is 1.35 bits per heavy atom. The molecule has 0 spiro atoms. The van der Waals surface area contributed by atoms with Crippen molar-refractivity contribution in [3.05, 3.63) is 29.8 Å². The van der Waals surface area contributed by atoms with Gasteiger partial charge in [0.1, 0.15) is 0 Å². The Hall–Kier alpha value is -0.420. The molecule has 1 aliphatic heterocycles. The maximum absolute atomic E-state index is 13.9. The van der Waals surface area contributed by atoms with Crippen LogP contribution in [0.4, 0.5) is 4.39 Å². The van der Waals surface area contributed by atoms with Gasteiger partial charge in [0.25, 0.3) is 0 Å². The van der Waals surface area contributed by atoms with Crippen molar-refractivity contribution in [2.24, 2.45) is 0 Å². The predicted molar refractivity (Wildman–Crippen MR) is 85.4 cm³/mol. The van der Waals surface area contributed by atoms with Gasteiger partial charge in [-0.3, -0.25) is 4.90 Å². The third-order valence-electron chi connectivity index (χ3n) is 3.57. The number of hydrogen-bond acceptors (Lipinski definition) is 3. The Morgan fingerprint density at radius 3 is 2.65 bits per heavy atom. The molecule has 0 bridgehead atoms. The minimum atomic E-state index is -0.308. The molecular formula is C14H24Cl2FN3. The van der Waals surface area contributed by atoms with Crippen LogP contribution in [0.25, 0.3) is 0 Å². The summed E-state index contributed by atoms with van der Waals surface area (Å²) in [6.07, 6.45) is 4.81. The molecule has 2 rings (SSSR count). The van der Waals surface area contributed by atoms with Crippen LogP contribution in [0.1, 0.15) is 37.8 Å². The van der Waals surface area contributed by atoms with E-state index in [-0.39, 0.29) is 36.8 Å². The van der Waals surface area contributed by atoms with E-state index < -0.39 is 0 Å². The fraction of sp³-hybridized carbons (Fsp3) is 0.643. The van der Waals surface area contributed by atoms with E-state index >= 15 is 0 Å². The van der Waals surface area contributed by atoms with Gasteiger partial charge in [-0.25, -0.2) is 4.98 Å². The van der Waals surface area contributed by atoms with Crippen LogP contribution < -0.4 is 5.32 Å². The lowest BCUT2D eigenvalue weighted by molar-refractivity contribution is 0.159. The van der Waals surface area contributed by atoms with Crippen LogP contribution >= 0.6 is 24.8 Å². The van der Waals surface area contributed by atoms with Crippen molar-refractivity contribution in [2.75, 3.05) is 26.2 Å². The topological polar surface area (TPSA) is 28.2 Å². The summed E-state index contributed by atoms with van der Waals surface area (Å²) in [6.45, 7) is 6.13. The van der Waals surface area contributed by atoms with Gasteiger partial charge in [0, 0.05) is 44.0 Å². The molecule has 0 amide bonds. The van der Waals surface area contributed by atoms with Crippen LogP contribution in [0, 0.1) is 5.95 Å². The molecule has 6 heteroatoms. The highest BCUT2D eigenvalue weighted by molar-refractivity contribution is 5.85. The zero-order valence-electron chi connectivity index (χ0n) is 11.8. The summed E-state index contributed by atoms with van der Waals surface area (Å²) in [5, 5.41) is 3.34.